The van der Waals surface area contributed by atoms with Gasteiger partial charge in [0.1, 0.15) is 6.10 Å². The van der Waals surface area contributed by atoms with Crippen LogP contribution in [0, 0.1) is 5.82 Å². The van der Waals surface area contributed by atoms with E-state index in [0.717, 1.165) is 31.1 Å². The van der Waals surface area contributed by atoms with Crippen LogP contribution in [-0.2, 0) is 6.54 Å². The zero-order valence-electron chi connectivity index (χ0n) is 15.6. The van der Waals surface area contributed by atoms with Crippen LogP contribution in [0.2, 0.25) is 0 Å². The van der Waals surface area contributed by atoms with Crippen molar-refractivity contribution in [2.45, 2.75) is 25.5 Å². The molecule has 0 aliphatic rings. The highest BCUT2D eigenvalue weighted by Crippen LogP contribution is 2.18. The molecule has 0 aliphatic carbocycles. The van der Waals surface area contributed by atoms with Gasteiger partial charge in [0.2, 0.25) is 0 Å². The van der Waals surface area contributed by atoms with E-state index in [-0.39, 0.29) is 17.9 Å². The first kappa shape index (κ1) is 19.8. The van der Waals surface area contributed by atoms with Crippen LogP contribution in [0.15, 0.2) is 43.4 Å². The van der Waals surface area contributed by atoms with Crippen molar-refractivity contribution in [1.82, 2.24) is 19.9 Å². The standard InChI is InChI=1S/C19H26FN5O/c1-5-6-9-16(14-25(4)13-15-8-7-10-21-11-15)26-19-22-12-17(20)18(23-19)24(2)3/h5,7-8,10-12,16H,1,6,9,13-14H2,2-4H3/t16-/m1/s1. The number of halogens is 1. The average Bonchev–Trinajstić information content (AvgIpc) is 2.61. The fourth-order valence-corrected chi connectivity index (χ4v) is 2.57. The molecule has 0 aromatic carbocycles. The van der Waals surface area contributed by atoms with Gasteiger partial charge in [-0.2, -0.15) is 4.98 Å². The molecular formula is C19H26FN5O. The van der Waals surface area contributed by atoms with Gasteiger partial charge in [0, 0.05) is 39.6 Å². The lowest BCUT2D eigenvalue weighted by Gasteiger charge is -2.24. The molecule has 0 aliphatic heterocycles. The number of hydrogen-bond acceptors (Lipinski definition) is 6. The number of likely N-dealkylation sites (N-methyl/N-ethyl adjacent to an activating group) is 1. The first-order valence-electron chi connectivity index (χ1n) is 8.54. The van der Waals surface area contributed by atoms with Gasteiger partial charge in [-0.25, -0.2) is 9.37 Å². The van der Waals surface area contributed by atoms with E-state index in [1.54, 1.807) is 25.2 Å². The molecule has 0 N–H and O–H groups in total. The molecule has 2 aromatic heterocycles. The predicted molar refractivity (Wildman–Crippen MR) is 101 cm³/mol. The summed E-state index contributed by atoms with van der Waals surface area (Å²) < 4.78 is 19.7. The maximum Gasteiger partial charge on any atom is 0.318 e. The van der Waals surface area contributed by atoms with Crippen molar-refractivity contribution in [1.29, 1.82) is 0 Å². The van der Waals surface area contributed by atoms with Crippen molar-refractivity contribution in [3.8, 4) is 6.01 Å². The number of ether oxygens (including phenoxy) is 1. The van der Waals surface area contributed by atoms with Crippen LogP contribution in [0.4, 0.5) is 10.2 Å². The second kappa shape index (κ2) is 9.82. The second-order valence-corrected chi connectivity index (χ2v) is 6.38. The van der Waals surface area contributed by atoms with E-state index >= 15 is 0 Å². The lowest BCUT2D eigenvalue weighted by atomic mass is 10.1. The largest absolute Gasteiger partial charge is 0.459 e. The van der Waals surface area contributed by atoms with E-state index in [9.17, 15) is 4.39 Å². The minimum atomic E-state index is -0.473. The zero-order chi connectivity index (χ0) is 18.9. The normalized spacial score (nSPS) is 12.0. The second-order valence-electron chi connectivity index (χ2n) is 6.38. The van der Waals surface area contributed by atoms with Gasteiger partial charge in [-0.15, -0.1) is 6.58 Å². The quantitative estimate of drug-likeness (QED) is 0.608. The summed E-state index contributed by atoms with van der Waals surface area (Å²) in [4.78, 5) is 16.0. The number of anilines is 1. The molecule has 0 bridgehead atoms. The Labute approximate surface area is 154 Å². The van der Waals surface area contributed by atoms with Gasteiger partial charge in [0.15, 0.2) is 11.6 Å². The minimum Gasteiger partial charge on any atom is -0.459 e. The Kier molecular flexibility index (Phi) is 7.47. The number of pyridine rings is 1. The van der Waals surface area contributed by atoms with E-state index in [0.29, 0.717) is 6.54 Å². The maximum atomic E-state index is 13.8. The third kappa shape index (κ3) is 6.07. The molecule has 0 fully saturated rings. The molecule has 0 saturated carbocycles. The highest BCUT2D eigenvalue weighted by Gasteiger charge is 2.17. The van der Waals surface area contributed by atoms with Crippen LogP contribution in [0.25, 0.3) is 0 Å². The summed E-state index contributed by atoms with van der Waals surface area (Å²) in [6.07, 6.45) is 8.06. The summed E-state index contributed by atoms with van der Waals surface area (Å²) in [5, 5.41) is 0. The Morgan fingerprint density at radius 3 is 2.77 bits per heavy atom. The Bertz CT molecular complexity index is 696. The summed E-state index contributed by atoms with van der Waals surface area (Å²) >= 11 is 0. The molecule has 6 nitrogen and oxygen atoms in total. The van der Waals surface area contributed by atoms with Crippen molar-refractivity contribution in [3.05, 3.63) is 54.8 Å². The molecule has 0 unspecified atom stereocenters. The smallest absolute Gasteiger partial charge is 0.318 e. The number of aromatic nitrogens is 3. The fourth-order valence-electron chi connectivity index (χ4n) is 2.57. The summed E-state index contributed by atoms with van der Waals surface area (Å²) in [6.45, 7) is 5.21. The van der Waals surface area contributed by atoms with Crippen molar-refractivity contribution in [3.63, 3.8) is 0 Å². The van der Waals surface area contributed by atoms with Crippen LogP contribution in [-0.4, -0.2) is 53.6 Å². The Hall–Kier alpha value is -2.54. The van der Waals surface area contributed by atoms with Gasteiger partial charge >= 0.3 is 6.01 Å². The van der Waals surface area contributed by atoms with E-state index in [1.165, 1.54) is 0 Å². The predicted octanol–water partition coefficient (Wildman–Crippen LogP) is 2.92. The van der Waals surface area contributed by atoms with Gasteiger partial charge in [0.05, 0.1) is 6.20 Å². The summed E-state index contributed by atoms with van der Waals surface area (Å²) in [5.41, 5.74) is 1.13. The Morgan fingerprint density at radius 1 is 1.31 bits per heavy atom. The van der Waals surface area contributed by atoms with E-state index in [1.807, 2.05) is 31.5 Å². The number of nitrogens with zero attached hydrogens (tertiary/aromatic N) is 5. The lowest BCUT2D eigenvalue weighted by molar-refractivity contribution is 0.126. The molecule has 2 rings (SSSR count). The van der Waals surface area contributed by atoms with E-state index in [4.69, 9.17) is 4.74 Å². The summed E-state index contributed by atoms with van der Waals surface area (Å²) in [7, 11) is 5.48. The first-order valence-corrected chi connectivity index (χ1v) is 8.54. The molecule has 0 saturated heterocycles. The topological polar surface area (TPSA) is 54.4 Å². The molecule has 26 heavy (non-hydrogen) atoms. The van der Waals surface area contributed by atoms with E-state index < -0.39 is 5.82 Å². The van der Waals surface area contributed by atoms with Crippen LogP contribution in [0.3, 0.4) is 0 Å². The van der Waals surface area contributed by atoms with Gasteiger partial charge in [-0.1, -0.05) is 12.1 Å². The molecule has 0 spiro atoms. The van der Waals surface area contributed by atoms with Gasteiger partial charge in [-0.05, 0) is 31.5 Å². The number of hydrogen-bond donors (Lipinski definition) is 0. The highest BCUT2D eigenvalue weighted by atomic mass is 19.1. The third-order valence-corrected chi connectivity index (χ3v) is 3.78. The summed E-state index contributed by atoms with van der Waals surface area (Å²) in [6, 6.07) is 4.14. The van der Waals surface area contributed by atoms with Crippen molar-refractivity contribution in [2.75, 3.05) is 32.6 Å². The SMILES string of the molecule is C=CCC[C@H](CN(C)Cc1cccnc1)Oc1ncc(F)c(N(C)C)n1. The lowest BCUT2D eigenvalue weighted by Crippen LogP contribution is -2.33. The molecular weight excluding hydrogens is 333 g/mol. The van der Waals surface area contributed by atoms with E-state index in [2.05, 4.69) is 26.4 Å². The van der Waals surface area contributed by atoms with Crippen LogP contribution in [0.1, 0.15) is 18.4 Å². The number of rotatable bonds is 10. The highest BCUT2D eigenvalue weighted by molar-refractivity contribution is 5.37. The molecule has 2 heterocycles. The fraction of sp³-hybridized carbons (Fsp3) is 0.421. The van der Waals surface area contributed by atoms with Crippen LogP contribution < -0.4 is 9.64 Å². The van der Waals surface area contributed by atoms with Crippen molar-refractivity contribution in [2.24, 2.45) is 0 Å². The molecule has 2 aromatic rings. The summed E-state index contributed by atoms with van der Waals surface area (Å²) in [5.74, 6) is -0.264. The molecule has 0 amide bonds. The first-order chi connectivity index (χ1) is 12.5. The molecule has 0 radical (unpaired) electrons. The van der Waals surface area contributed by atoms with Crippen molar-refractivity contribution >= 4 is 5.82 Å². The van der Waals surface area contributed by atoms with Gasteiger partial charge in [-0.3, -0.25) is 9.88 Å². The van der Waals surface area contributed by atoms with Crippen LogP contribution in [0.5, 0.6) is 6.01 Å². The van der Waals surface area contributed by atoms with Gasteiger partial charge in [0.25, 0.3) is 0 Å². The molecule has 140 valence electrons. The third-order valence-electron chi connectivity index (χ3n) is 3.78. The van der Waals surface area contributed by atoms with Gasteiger partial charge < -0.3 is 9.64 Å². The van der Waals surface area contributed by atoms with Crippen LogP contribution >= 0.6 is 0 Å². The zero-order valence-corrected chi connectivity index (χ0v) is 15.6. The maximum absolute atomic E-state index is 13.8. The average molecular weight is 359 g/mol. The monoisotopic (exact) mass is 359 g/mol. The number of allylic oxidation sites excluding steroid dienone is 1. The molecule has 1 atom stereocenters. The Balaban J connectivity index is 2.04. The Morgan fingerprint density at radius 2 is 2.12 bits per heavy atom. The minimum absolute atomic E-state index is 0.129. The molecule has 7 heteroatoms. The van der Waals surface area contributed by atoms with Crippen molar-refractivity contribution < 1.29 is 9.13 Å².